The van der Waals surface area contributed by atoms with Gasteiger partial charge in [-0.2, -0.15) is 0 Å². The number of benzene rings is 4. The van der Waals surface area contributed by atoms with Gasteiger partial charge in [0.15, 0.2) is 0 Å². The number of hydrogen-bond donors (Lipinski definition) is 2. The topological polar surface area (TPSA) is 46.9 Å². The van der Waals surface area contributed by atoms with E-state index in [9.17, 15) is 10.2 Å². The predicted octanol–water partition coefficient (Wildman–Crippen LogP) is 10.1. The average Bonchev–Trinajstić information content (AvgIpc) is 3.37. The van der Waals surface area contributed by atoms with Gasteiger partial charge in [0, 0.05) is 45.7 Å². The summed E-state index contributed by atoms with van der Waals surface area (Å²) in [5.41, 5.74) is 7.42. The van der Waals surface area contributed by atoms with Crippen LogP contribution in [0.2, 0.25) is 0 Å². The van der Waals surface area contributed by atoms with Gasteiger partial charge >= 0.3 is 0 Å². The molecule has 0 bridgehead atoms. The standard InChI is InChI=1S/C40H42N2O2/c1-23(2)41-31-19-17-25-13-9-11-15-27(25)35(31)39(5,6)33(41)21-29-37(43)30(38(29)44)22-34-40(7,8)36-28-16-12-10-14-26(28)18-20-32(36)42(34)24(3)4/h9-24,43-44H,1-8H3/b33-21-,34-22+. The summed E-state index contributed by atoms with van der Waals surface area (Å²) in [6.45, 7) is 17.8. The van der Waals surface area contributed by atoms with Crippen molar-refractivity contribution in [3.63, 3.8) is 0 Å². The van der Waals surface area contributed by atoms with E-state index >= 15 is 0 Å². The smallest absolute Gasteiger partial charge is 0.137 e. The van der Waals surface area contributed by atoms with Gasteiger partial charge in [-0.3, -0.25) is 0 Å². The second-order valence-electron chi connectivity index (χ2n) is 14.1. The molecular weight excluding hydrogens is 540 g/mol. The lowest BCUT2D eigenvalue weighted by molar-refractivity contribution is 0.354. The second kappa shape index (κ2) is 9.53. The van der Waals surface area contributed by atoms with E-state index in [0.29, 0.717) is 11.1 Å². The monoisotopic (exact) mass is 582 g/mol. The van der Waals surface area contributed by atoms with Crippen molar-refractivity contribution >= 4 is 32.9 Å². The first-order valence-electron chi connectivity index (χ1n) is 15.8. The van der Waals surface area contributed by atoms with Crippen LogP contribution in [0.25, 0.3) is 21.5 Å². The number of anilines is 2. The van der Waals surface area contributed by atoms with Crippen molar-refractivity contribution in [1.82, 2.24) is 0 Å². The number of fused-ring (bicyclic) bond motifs is 6. The van der Waals surface area contributed by atoms with E-state index in [0.717, 1.165) is 11.4 Å². The van der Waals surface area contributed by atoms with Gasteiger partial charge in [0.25, 0.3) is 0 Å². The summed E-state index contributed by atoms with van der Waals surface area (Å²) in [6, 6.07) is 26.3. The van der Waals surface area contributed by atoms with Crippen LogP contribution in [-0.2, 0) is 10.8 Å². The highest BCUT2D eigenvalue weighted by Crippen LogP contribution is 2.55. The number of aliphatic hydroxyl groups is 2. The molecule has 0 spiro atoms. The lowest BCUT2D eigenvalue weighted by atomic mass is 9.78. The molecule has 0 radical (unpaired) electrons. The fourth-order valence-electron chi connectivity index (χ4n) is 7.96. The van der Waals surface area contributed by atoms with Crippen LogP contribution in [0.4, 0.5) is 11.4 Å². The zero-order valence-corrected chi connectivity index (χ0v) is 27.0. The molecule has 0 unspecified atom stereocenters. The summed E-state index contributed by atoms with van der Waals surface area (Å²) in [5, 5.41) is 28.0. The Bertz CT molecular complexity index is 1840. The third-order valence-corrected chi connectivity index (χ3v) is 10.00. The molecule has 2 N–H and O–H groups in total. The SMILES string of the molecule is CC(C)N1/C(=C\C2=C(O)C(/C=C3/N(C(C)C)c4ccc5ccccc5c4C3(C)C)=C2O)C(C)(C)c2c1ccc1ccccc21. The molecule has 3 aliphatic rings. The van der Waals surface area contributed by atoms with Crippen LogP contribution in [0, 0.1) is 0 Å². The molecule has 4 heteroatoms. The summed E-state index contributed by atoms with van der Waals surface area (Å²) in [4.78, 5) is 4.71. The molecule has 4 aromatic rings. The molecule has 4 aromatic carbocycles. The lowest BCUT2D eigenvalue weighted by Crippen LogP contribution is -2.33. The Morgan fingerprint density at radius 3 is 1.27 bits per heavy atom. The van der Waals surface area contributed by atoms with Gasteiger partial charge in [0.2, 0.25) is 0 Å². The summed E-state index contributed by atoms with van der Waals surface area (Å²) < 4.78 is 0. The predicted molar refractivity (Wildman–Crippen MR) is 185 cm³/mol. The van der Waals surface area contributed by atoms with Gasteiger partial charge in [-0.15, -0.1) is 0 Å². The Balaban J connectivity index is 1.33. The molecule has 2 heterocycles. The highest BCUT2D eigenvalue weighted by Gasteiger charge is 2.45. The molecule has 44 heavy (non-hydrogen) atoms. The van der Waals surface area contributed by atoms with Crippen LogP contribution in [-0.4, -0.2) is 22.3 Å². The van der Waals surface area contributed by atoms with Crippen molar-refractivity contribution in [2.24, 2.45) is 0 Å². The van der Waals surface area contributed by atoms with Gasteiger partial charge in [-0.05, 0) is 84.7 Å². The van der Waals surface area contributed by atoms with Gasteiger partial charge in [-0.25, -0.2) is 0 Å². The molecule has 0 saturated carbocycles. The number of nitrogens with zero attached hydrogens (tertiary/aromatic N) is 2. The fourth-order valence-corrected chi connectivity index (χ4v) is 7.96. The van der Waals surface area contributed by atoms with Gasteiger partial charge in [0.05, 0.1) is 11.1 Å². The van der Waals surface area contributed by atoms with E-state index in [-0.39, 0.29) is 34.4 Å². The van der Waals surface area contributed by atoms with E-state index in [1.54, 1.807) is 0 Å². The lowest BCUT2D eigenvalue weighted by Gasteiger charge is -2.33. The largest absolute Gasteiger partial charge is 0.506 e. The maximum absolute atomic E-state index is 11.6. The highest BCUT2D eigenvalue weighted by molar-refractivity contribution is 5.96. The average molecular weight is 583 g/mol. The second-order valence-corrected chi connectivity index (χ2v) is 14.1. The molecule has 224 valence electrons. The van der Waals surface area contributed by atoms with Crippen molar-refractivity contribution in [2.45, 2.75) is 78.3 Å². The molecule has 4 nitrogen and oxygen atoms in total. The van der Waals surface area contributed by atoms with Gasteiger partial charge < -0.3 is 20.0 Å². The Hall–Kier alpha value is -4.44. The molecular formula is C40H42N2O2. The molecule has 0 saturated heterocycles. The Kier molecular flexibility index (Phi) is 6.14. The summed E-state index contributed by atoms with van der Waals surface area (Å²) in [5.74, 6) is 0.284. The summed E-state index contributed by atoms with van der Waals surface area (Å²) in [6.07, 6.45) is 4.01. The first kappa shape index (κ1) is 28.3. The van der Waals surface area contributed by atoms with Crippen molar-refractivity contribution in [1.29, 1.82) is 0 Å². The fraction of sp³-hybridized carbons (Fsp3) is 0.300. The molecule has 1 aliphatic carbocycles. The molecule has 2 aliphatic heterocycles. The van der Waals surface area contributed by atoms with Crippen molar-refractivity contribution in [3.8, 4) is 0 Å². The number of rotatable bonds is 4. The Morgan fingerprint density at radius 2 is 0.909 bits per heavy atom. The maximum Gasteiger partial charge on any atom is 0.137 e. The van der Waals surface area contributed by atoms with E-state index in [4.69, 9.17) is 0 Å². The van der Waals surface area contributed by atoms with Crippen LogP contribution in [0.5, 0.6) is 0 Å². The molecule has 0 fully saturated rings. The van der Waals surface area contributed by atoms with Crippen LogP contribution in [0.3, 0.4) is 0 Å². The molecule has 0 amide bonds. The minimum atomic E-state index is -0.327. The first-order chi connectivity index (χ1) is 20.9. The van der Waals surface area contributed by atoms with Gasteiger partial charge in [-0.1, -0.05) is 88.4 Å². The number of aliphatic hydroxyl groups excluding tert-OH is 2. The third-order valence-electron chi connectivity index (χ3n) is 10.00. The zero-order chi connectivity index (χ0) is 31.3. The van der Waals surface area contributed by atoms with E-state index in [1.165, 1.54) is 44.0 Å². The van der Waals surface area contributed by atoms with Crippen LogP contribution in [0.1, 0.15) is 66.5 Å². The Labute approximate surface area is 260 Å². The van der Waals surface area contributed by atoms with E-state index in [1.807, 2.05) is 12.2 Å². The quantitative estimate of drug-likeness (QED) is 0.251. The number of hydrogen-bond acceptors (Lipinski definition) is 4. The van der Waals surface area contributed by atoms with Gasteiger partial charge in [0.1, 0.15) is 11.5 Å². The van der Waals surface area contributed by atoms with Crippen molar-refractivity contribution < 1.29 is 10.2 Å². The molecule has 7 rings (SSSR count). The summed E-state index contributed by atoms with van der Waals surface area (Å²) in [7, 11) is 0. The van der Waals surface area contributed by atoms with Crippen molar-refractivity contribution in [2.75, 3.05) is 9.80 Å². The first-order valence-corrected chi connectivity index (χ1v) is 15.8. The maximum atomic E-state index is 11.6. The minimum Gasteiger partial charge on any atom is -0.506 e. The molecule has 0 aromatic heterocycles. The molecule has 0 atom stereocenters. The van der Waals surface area contributed by atoms with Crippen LogP contribution in [0.15, 0.2) is 119 Å². The van der Waals surface area contributed by atoms with Crippen LogP contribution >= 0.6 is 0 Å². The van der Waals surface area contributed by atoms with E-state index in [2.05, 4.69) is 138 Å². The van der Waals surface area contributed by atoms with E-state index < -0.39 is 0 Å². The third kappa shape index (κ3) is 3.76. The zero-order valence-electron chi connectivity index (χ0n) is 27.0. The summed E-state index contributed by atoms with van der Waals surface area (Å²) >= 11 is 0. The normalized spacial score (nSPS) is 20.6. The van der Waals surface area contributed by atoms with Crippen LogP contribution < -0.4 is 9.80 Å². The Morgan fingerprint density at radius 1 is 0.545 bits per heavy atom. The highest BCUT2D eigenvalue weighted by atomic mass is 16.3. The number of allylic oxidation sites excluding steroid dienone is 4. The van der Waals surface area contributed by atoms with Crippen molar-refractivity contribution in [3.05, 3.63) is 130 Å². The minimum absolute atomic E-state index is 0.142.